The van der Waals surface area contributed by atoms with Gasteiger partial charge < -0.3 is 4.74 Å². The molecule has 1 fully saturated rings. The molecule has 0 saturated heterocycles. The molecule has 25 heavy (non-hydrogen) atoms. The number of rotatable bonds is 2. The molecule has 0 aromatic heterocycles. The highest BCUT2D eigenvalue weighted by atomic mass is 16.5. The van der Waals surface area contributed by atoms with Crippen LogP contribution in [0.1, 0.15) is 59.3 Å². The van der Waals surface area contributed by atoms with E-state index in [2.05, 4.69) is 13.5 Å². The summed E-state index contributed by atoms with van der Waals surface area (Å²) in [6, 6.07) is 0. The van der Waals surface area contributed by atoms with Gasteiger partial charge in [0.2, 0.25) is 0 Å². The zero-order valence-corrected chi connectivity index (χ0v) is 15.7. The summed E-state index contributed by atoms with van der Waals surface area (Å²) in [7, 11) is 1.40. The highest BCUT2D eigenvalue weighted by Gasteiger charge is 2.60. The topological polar surface area (TPSA) is 60.4 Å². The normalized spacial score (nSPS) is 41.0. The number of hydrogen-bond acceptors (Lipinski definition) is 4. The maximum Gasteiger partial charge on any atom is 0.311 e. The van der Waals surface area contributed by atoms with Crippen molar-refractivity contribution in [3.63, 3.8) is 0 Å². The summed E-state index contributed by atoms with van der Waals surface area (Å²) >= 11 is 0. The van der Waals surface area contributed by atoms with E-state index in [1.165, 1.54) is 7.11 Å². The molecule has 0 heterocycles. The average Bonchev–Trinajstić information content (AvgIpc) is 2.55. The summed E-state index contributed by atoms with van der Waals surface area (Å²) in [5.41, 5.74) is -0.108. The van der Waals surface area contributed by atoms with Gasteiger partial charge in [0, 0.05) is 29.4 Å². The second-order valence-corrected chi connectivity index (χ2v) is 8.85. The Balaban J connectivity index is 2.15. The summed E-state index contributed by atoms with van der Waals surface area (Å²) in [5.74, 6) is -0.363. The molecule has 3 aliphatic rings. The molecule has 0 radical (unpaired) electrons. The third-order valence-corrected chi connectivity index (χ3v) is 7.10. The van der Waals surface area contributed by atoms with Crippen molar-refractivity contribution in [3.05, 3.63) is 23.8 Å². The molecule has 0 unspecified atom stereocenters. The van der Waals surface area contributed by atoms with E-state index in [-0.39, 0.29) is 28.9 Å². The van der Waals surface area contributed by atoms with Gasteiger partial charge in [0.1, 0.15) is 0 Å². The van der Waals surface area contributed by atoms with Crippen molar-refractivity contribution >= 4 is 17.5 Å². The fraction of sp³-hybridized carbons (Fsp3) is 0.667. The molecule has 0 bridgehead atoms. The van der Waals surface area contributed by atoms with Crippen LogP contribution >= 0.6 is 0 Å². The van der Waals surface area contributed by atoms with E-state index in [0.29, 0.717) is 36.8 Å². The lowest BCUT2D eigenvalue weighted by molar-refractivity contribution is -0.164. The van der Waals surface area contributed by atoms with Gasteiger partial charge in [-0.2, -0.15) is 0 Å². The molecule has 0 spiro atoms. The van der Waals surface area contributed by atoms with Crippen molar-refractivity contribution in [2.75, 3.05) is 7.11 Å². The van der Waals surface area contributed by atoms with E-state index in [0.717, 1.165) is 12.8 Å². The van der Waals surface area contributed by atoms with Gasteiger partial charge in [0.05, 0.1) is 12.5 Å². The zero-order chi connectivity index (χ0) is 18.6. The zero-order valence-electron chi connectivity index (χ0n) is 15.7. The second-order valence-electron chi connectivity index (χ2n) is 8.85. The molecule has 1 saturated carbocycles. The number of Topliss-reactive ketones (excluding diaryl/α,β-unsaturated/α-hetero) is 2. The molecule has 4 heteroatoms. The maximum absolute atomic E-state index is 13.1. The number of carbonyl (C=O) groups excluding carboxylic acids is 3. The Morgan fingerprint density at radius 2 is 1.84 bits per heavy atom. The van der Waals surface area contributed by atoms with Crippen LogP contribution in [0.3, 0.4) is 0 Å². The van der Waals surface area contributed by atoms with Crippen LogP contribution in [-0.4, -0.2) is 24.6 Å². The number of allylic oxidation sites excluding steroid dienone is 3. The molecule has 0 amide bonds. The fourth-order valence-electron chi connectivity index (χ4n) is 5.63. The molecule has 4 nitrogen and oxygen atoms in total. The van der Waals surface area contributed by atoms with Crippen LogP contribution < -0.4 is 0 Å². The lowest BCUT2D eigenvalue weighted by atomic mass is 9.47. The first-order valence-electron chi connectivity index (χ1n) is 9.13. The van der Waals surface area contributed by atoms with Gasteiger partial charge in [0.25, 0.3) is 0 Å². The molecule has 4 atom stereocenters. The lowest BCUT2D eigenvalue weighted by Gasteiger charge is -2.55. The minimum Gasteiger partial charge on any atom is -0.469 e. The molecular weight excluding hydrogens is 316 g/mol. The smallest absolute Gasteiger partial charge is 0.311 e. The minimum atomic E-state index is -0.713. The van der Waals surface area contributed by atoms with E-state index < -0.39 is 10.8 Å². The number of hydrogen-bond donors (Lipinski definition) is 0. The van der Waals surface area contributed by atoms with Crippen LogP contribution in [0, 0.1) is 22.2 Å². The predicted molar refractivity (Wildman–Crippen MR) is 94.8 cm³/mol. The van der Waals surface area contributed by atoms with Gasteiger partial charge in [-0.25, -0.2) is 0 Å². The number of ketones is 2. The number of carbonyl (C=O) groups is 3. The number of esters is 1. The molecule has 0 aromatic carbocycles. The highest BCUT2D eigenvalue weighted by Crippen LogP contribution is 2.61. The van der Waals surface area contributed by atoms with Crippen molar-refractivity contribution in [2.45, 2.75) is 59.3 Å². The summed E-state index contributed by atoms with van der Waals surface area (Å²) in [4.78, 5) is 38.6. The van der Waals surface area contributed by atoms with Crippen LogP contribution in [0.4, 0.5) is 0 Å². The molecule has 3 aliphatic carbocycles. The van der Waals surface area contributed by atoms with Crippen molar-refractivity contribution < 1.29 is 19.1 Å². The Hall–Kier alpha value is -1.71. The number of ether oxygens (including phenoxy) is 1. The SMILES string of the molecule is C=C[C@@]1(C)CC(=O)C2=C(C1)C(=O)C[C@@H]1[C@](C)(C(=O)OC)CCC[C@@]21C. The van der Waals surface area contributed by atoms with E-state index in [1.807, 2.05) is 13.8 Å². The average molecular weight is 344 g/mol. The number of fused-ring (bicyclic) bond motifs is 2. The molecular formula is C21H28O4. The summed E-state index contributed by atoms with van der Waals surface area (Å²) < 4.78 is 5.07. The number of methoxy groups -OCH3 is 1. The van der Waals surface area contributed by atoms with Crippen molar-refractivity contribution in [1.29, 1.82) is 0 Å². The van der Waals surface area contributed by atoms with Gasteiger partial charge in [-0.15, -0.1) is 6.58 Å². The van der Waals surface area contributed by atoms with Gasteiger partial charge in [-0.1, -0.05) is 26.3 Å². The van der Waals surface area contributed by atoms with Crippen molar-refractivity contribution in [1.82, 2.24) is 0 Å². The Kier molecular flexibility index (Phi) is 4.09. The molecule has 136 valence electrons. The fourth-order valence-corrected chi connectivity index (χ4v) is 5.63. The van der Waals surface area contributed by atoms with Gasteiger partial charge in [0.15, 0.2) is 11.6 Å². The Labute approximate surface area is 149 Å². The van der Waals surface area contributed by atoms with E-state index in [1.54, 1.807) is 6.08 Å². The van der Waals surface area contributed by atoms with Crippen LogP contribution in [0.5, 0.6) is 0 Å². The highest BCUT2D eigenvalue weighted by molar-refractivity contribution is 6.10. The minimum absolute atomic E-state index is 0.0237. The van der Waals surface area contributed by atoms with Gasteiger partial charge in [-0.3, -0.25) is 14.4 Å². The third kappa shape index (κ3) is 2.44. The third-order valence-electron chi connectivity index (χ3n) is 7.10. The van der Waals surface area contributed by atoms with E-state index in [4.69, 9.17) is 4.74 Å². The van der Waals surface area contributed by atoms with Crippen LogP contribution in [-0.2, 0) is 19.1 Å². The molecule has 0 N–H and O–H groups in total. The monoisotopic (exact) mass is 344 g/mol. The Morgan fingerprint density at radius 1 is 1.16 bits per heavy atom. The molecule has 0 aromatic rings. The lowest BCUT2D eigenvalue weighted by Crippen LogP contribution is -2.54. The van der Waals surface area contributed by atoms with Gasteiger partial charge in [-0.05, 0) is 37.5 Å². The first kappa shape index (κ1) is 18.1. The van der Waals surface area contributed by atoms with Crippen molar-refractivity contribution in [2.24, 2.45) is 22.2 Å². The van der Waals surface area contributed by atoms with E-state index >= 15 is 0 Å². The maximum atomic E-state index is 13.1. The first-order chi connectivity index (χ1) is 11.6. The Bertz CT molecular complexity index is 703. The molecule has 3 rings (SSSR count). The second kappa shape index (κ2) is 5.65. The quantitative estimate of drug-likeness (QED) is 0.565. The van der Waals surface area contributed by atoms with Crippen molar-refractivity contribution in [3.8, 4) is 0 Å². The summed E-state index contributed by atoms with van der Waals surface area (Å²) in [6.07, 6.45) is 5.49. The Morgan fingerprint density at radius 3 is 2.44 bits per heavy atom. The first-order valence-corrected chi connectivity index (χ1v) is 9.13. The summed E-state index contributed by atoms with van der Waals surface area (Å²) in [6.45, 7) is 9.83. The standard InChI is InChI=1S/C21H28O4/c1-6-19(2)11-13-14(22)10-16-20(3,17(13)15(23)12-19)8-7-9-21(16,4)18(24)25-5/h6,16H,1,7-12H2,2-5H3/t16-,19+,20+,21+/m0/s1. The van der Waals surface area contributed by atoms with Gasteiger partial charge >= 0.3 is 5.97 Å². The van der Waals surface area contributed by atoms with Crippen LogP contribution in [0.15, 0.2) is 23.8 Å². The van der Waals surface area contributed by atoms with Crippen LogP contribution in [0.25, 0.3) is 0 Å². The van der Waals surface area contributed by atoms with E-state index in [9.17, 15) is 14.4 Å². The van der Waals surface area contributed by atoms with Crippen LogP contribution in [0.2, 0.25) is 0 Å². The predicted octanol–water partition coefficient (Wildman–Crippen LogP) is 3.80. The largest absolute Gasteiger partial charge is 0.469 e. The summed E-state index contributed by atoms with van der Waals surface area (Å²) in [5, 5.41) is 0. The molecule has 0 aliphatic heterocycles.